The topological polar surface area (TPSA) is 56.7 Å². The van der Waals surface area contributed by atoms with Crippen molar-refractivity contribution in [3.05, 3.63) is 65.9 Å². The molecule has 4 nitrogen and oxygen atoms in total. The highest BCUT2D eigenvalue weighted by molar-refractivity contribution is 5.64. The summed E-state index contributed by atoms with van der Waals surface area (Å²) in [6, 6.07) is 11.9. The average Bonchev–Trinajstić information content (AvgIpc) is 2.92. The standard InChI is InChI=1S/C15H12F2N4/c16-11-6-4-10(5-7-11)15-14(9-18)19-20-21(15)13-3-1-2-12(17)8-13/h1-8H,9,18H2. The SMILES string of the molecule is NCc1nnn(-c2cccc(F)c2)c1-c1ccc(F)cc1. The molecule has 0 aliphatic heterocycles. The highest BCUT2D eigenvalue weighted by atomic mass is 19.1. The van der Waals surface area contributed by atoms with Crippen LogP contribution in [0, 0.1) is 11.6 Å². The molecule has 0 aliphatic rings. The maximum absolute atomic E-state index is 13.4. The largest absolute Gasteiger partial charge is 0.325 e. The summed E-state index contributed by atoms with van der Waals surface area (Å²) in [6.45, 7) is 0.183. The van der Waals surface area contributed by atoms with E-state index in [1.54, 1.807) is 24.3 Å². The van der Waals surface area contributed by atoms with Crippen LogP contribution in [-0.4, -0.2) is 15.0 Å². The van der Waals surface area contributed by atoms with Gasteiger partial charge in [-0.2, -0.15) is 0 Å². The normalized spacial score (nSPS) is 10.8. The van der Waals surface area contributed by atoms with E-state index in [-0.39, 0.29) is 18.2 Å². The van der Waals surface area contributed by atoms with E-state index in [1.165, 1.54) is 28.9 Å². The lowest BCUT2D eigenvalue weighted by Gasteiger charge is -2.08. The van der Waals surface area contributed by atoms with Crippen LogP contribution in [0.3, 0.4) is 0 Å². The third-order valence-electron chi connectivity index (χ3n) is 3.10. The number of hydrogen-bond acceptors (Lipinski definition) is 3. The van der Waals surface area contributed by atoms with Crippen LogP contribution in [0.15, 0.2) is 48.5 Å². The summed E-state index contributed by atoms with van der Waals surface area (Å²) in [7, 11) is 0. The highest BCUT2D eigenvalue weighted by Gasteiger charge is 2.15. The summed E-state index contributed by atoms with van der Waals surface area (Å²) >= 11 is 0. The van der Waals surface area contributed by atoms with Crippen LogP contribution < -0.4 is 5.73 Å². The van der Waals surface area contributed by atoms with Crippen LogP contribution >= 0.6 is 0 Å². The molecule has 21 heavy (non-hydrogen) atoms. The van der Waals surface area contributed by atoms with Gasteiger partial charge in [-0.15, -0.1) is 5.10 Å². The second-order valence-electron chi connectivity index (χ2n) is 4.49. The molecule has 0 fully saturated rings. The van der Waals surface area contributed by atoms with Crippen molar-refractivity contribution in [3.63, 3.8) is 0 Å². The van der Waals surface area contributed by atoms with Gasteiger partial charge in [-0.05, 0) is 42.5 Å². The van der Waals surface area contributed by atoms with Crippen LogP contribution in [0.25, 0.3) is 16.9 Å². The number of rotatable bonds is 3. The van der Waals surface area contributed by atoms with E-state index in [1.807, 2.05) is 0 Å². The Kier molecular flexibility index (Phi) is 3.45. The summed E-state index contributed by atoms with van der Waals surface area (Å²) in [5.41, 5.74) is 8.11. The highest BCUT2D eigenvalue weighted by Crippen LogP contribution is 2.25. The number of aromatic nitrogens is 3. The van der Waals surface area contributed by atoms with Crippen molar-refractivity contribution < 1.29 is 8.78 Å². The first-order valence-electron chi connectivity index (χ1n) is 6.35. The number of nitrogens with two attached hydrogens (primary N) is 1. The summed E-state index contributed by atoms with van der Waals surface area (Å²) in [5, 5.41) is 8.03. The molecule has 0 spiro atoms. The van der Waals surface area contributed by atoms with E-state index >= 15 is 0 Å². The number of nitrogens with zero attached hydrogens (tertiary/aromatic N) is 3. The molecule has 0 atom stereocenters. The van der Waals surface area contributed by atoms with Crippen molar-refractivity contribution in [2.45, 2.75) is 6.54 Å². The maximum Gasteiger partial charge on any atom is 0.125 e. The second kappa shape index (κ2) is 5.41. The minimum atomic E-state index is -0.373. The number of hydrogen-bond donors (Lipinski definition) is 1. The Bertz CT molecular complexity index is 766. The molecule has 0 radical (unpaired) electrons. The van der Waals surface area contributed by atoms with Crippen LogP contribution in [-0.2, 0) is 6.54 Å². The van der Waals surface area contributed by atoms with E-state index in [0.717, 1.165) is 0 Å². The van der Waals surface area contributed by atoms with Gasteiger partial charge in [-0.1, -0.05) is 11.3 Å². The van der Waals surface area contributed by atoms with Crippen molar-refractivity contribution in [2.24, 2.45) is 5.73 Å². The van der Waals surface area contributed by atoms with Gasteiger partial charge in [0.05, 0.1) is 11.4 Å². The Morgan fingerprint density at radius 1 is 1.00 bits per heavy atom. The maximum atomic E-state index is 13.4. The molecule has 1 aromatic heterocycles. The molecule has 3 aromatic rings. The van der Waals surface area contributed by atoms with Gasteiger partial charge in [-0.25, -0.2) is 13.5 Å². The van der Waals surface area contributed by atoms with Crippen molar-refractivity contribution >= 4 is 0 Å². The molecule has 2 aromatic carbocycles. The molecule has 0 saturated heterocycles. The predicted octanol–water partition coefficient (Wildman–Crippen LogP) is 2.67. The lowest BCUT2D eigenvalue weighted by Crippen LogP contribution is -2.03. The Labute approximate surface area is 119 Å². The van der Waals surface area contributed by atoms with Crippen LogP contribution in [0.5, 0.6) is 0 Å². The summed E-state index contributed by atoms with van der Waals surface area (Å²) in [4.78, 5) is 0. The molecule has 0 unspecified atom stereocenters. The molecular weight excluding hydrogens is 274 g/mol. The fourth-order valence-electron chi connectivity index (χ4n) is 2.14. The lowest BCUT2D eigenvalue weighted by atomic mass is 10.1. The first kappa shape index (κ1) is 13.4. The fraction of sp³-hybridized carbons (Fsp3) is 0.0667. The van der Waals surface area contributed by atoms with E-state index in [9.17, 15) is 8.78 Å². The zero-order chi connectivity index (χ0) is 14.8. The monoisotopic (exact) mass is 286 g/mol. The molecule has 2 N–H and O–H groups in total. The molecule has 0 aliphatic carbocycles. The first-order chi connectivity index (χ1) is 10.2. The van der Waals surface area contributed by atoms with E-state index in [0.29, 0.717) is 22.6 Å². The molecule has 1 heterocycles. The lowest BCUT2D eigenvalue weighted by molar-refractivity contribution is 0.625. The van der Waals surface area contributed by atoms with Gasteiger partial charge in [0.1, 0.15) is 17.3 Å². The molecule has 106 valence electrons. The average molecular weight is 286 g/mol. The smallest absolute Gasteiger partial charge is 0.125 e. The Morgan fingerprint density at radius 2 is 1.76 bits per heavy atom. The number of halogens is 2. The van der Waals surface area contributed by atoms with Crippen LogP contribution in [0.1, 0.15) is 5.69 Å². The van der Waals surface area contributed by atoms with E-state index in [2.05, 4.69) is 10.3 Å². The zero-order valence-electron chi connectivity index (χ0n) is 11.0. The minimum absolute atomic E-state index is 0.183. The zero-order valence-corrected chi connectivity index (χ0v) is 11.0. The molecule has 6 heteroatoms. The molecule has 0 saturated carbocycles. The third-order valence-corrected chi connectivity index (χ3v) is 3.10. The van der Waals surface area contributed by atoms with Crippen LogP contribution in [0.4, 0.5) is 8.78 Å². The van der Waals surface area contributed by atoms with E-state index < -0.39 is 0 Å². The Balaban J connectivity index is 2.19. The summed E-state index contributed by atoms with van der Waals surface area (Å²) in [5.74, 6) is -0.708. The van der Waals surface area contributed by atoms with Gasteiger partial charge in [0, 0.05) is 12.1 Å². The summed E-state index contributed by atoms with van der Waals surface area (Å²) < 4.78 is 28.0. The van der Waals surface area contributed by atoms with Crippen LogP contribution in [0.2, 0.25) is 0 Å². The Morgan fingerprint density at radius 3 is 2.43 bits per heavy atom. The van der Waals surface area contributed by atoms with Gasteiger partial charge < -0.3 is 5.73 Å². The van der Waals surface area contributed by atoms with Gasteiger partial charge >= 0.3 is 0 Å². The fourth-order valence-corrected chi connectivity index (χ4v) is 2.14. The number of benzene rings is 2. The van der Waals surface area contributed by atoms with Gasteiger partial charge in [0.2, 0.25) is 0 Å². The Hall–Kier alpha value is -2.60. The summed E-state index contributed by atoms with van der Waals surface area (Å²) in [6.07, 6.45) is 0. The first-order valence-corrected chi connectivity index (χ1v) is 6.35. The predicted molar refractivity (Wildman–Crippen MR) is 74.6 cm³/mol. The van der Waals surface area contributed by atoms with Crippen molar-refractivity contribution in [1.82, 2.24) is 15.0 Å². The molecular formula is C15H12F2N4. The third kappa shape index (κ3) is 2.53. The minimum Gasteiger partial charge on any atom is -0.325 e. The van der Waals surface area contributed by atoms with E-state index in [4.69, 9.17) is 5.73 Å². The molecule has 0 amide bonds. The van der Waals surface area contributed by atoms with Crippen molar-refractivity contribution in [1.29, 1.82) is 0 Å². The van der Waals surface area contributed by atoms with Gasteiger partial charge in [-0.3, -0.25) is 0 Å². The quantitative estimate of drug-likeness (QED) is 0.805. The van der Waals surface area contributed by atoms with Gasteiger partial charge in [0.15, 0.2) is 0 Å². The van der Waals surface area contributed by atoms with Crippen molar-refractivity contribution in [2.75, 3.05) is 0 Å². The second-order valence-corrected chi connectivity index (χ2v) is 4.49. The molecule has 3 rings (SSSR count). The van der Waals surface area contributed by atoms with Gasteiger partial charge in [0.25, 0.3) is 0 Å². The van der Waals surface area contributed by atoms with Crippen molar-refractivity contribution in [3.8, 4) is 16.9 Å². The molecule has 0 bridgehead atoms.